The SMILES string of the molecule is Cc1nc(NC(=O)c2cn(C)nn2)sc1C(=O)OC(C)C. The predicted molar refractivity (Wildman–Crippen MR) is 76.4 cm³/mol. The van der Waals surface area contributed by atoms with Crippen molar-refractivity contribution in [3.8, 4) is 0 Å². The van der Waals surface area contributed by atoms with Crippen LogP contribution >= 0.6 is 11.3 Å². The van der Waals surface area contributed by atoms with Crippen LogP contribution in [0, 0.1) is 6.92 Å². The lowest BCUT2D eigenvalue weighted by atomic mass is 10.4. The van der Waals surface area contributed by atoms with Gasteiger partial charge in [0.1, 0.15) is 4.88 Å². The standard InChI is InChI=1S/C12H15N5O3S/c1-6(2)20-11(19)9-7(3)13-12(21-9)14-10(18)8-5-17(4)16-15-8/h5-6H,1-4H3,(H,13,14,18). The molecule has 0 saturated carbocycles. The van der Waals surface area contributed by atoms with Crippen molar-refractivity contribution >= 4 is 28.3 Å². The summed E-state index contributed by atoms with van der Waals surface area (Å²) in [6, 6.07) is 0. The van der Waals surface area contributed by atoms with Gasteiger partial charge in [0.2, 0.25) is 0 Å². The summed E-state index contributed by atoms with van der Waals surface area (Å²) in [5.41, 5.74) is 0.691. The van der Waals surface area contributed by atoms with Crippen molar-refractivity contribution in [1.82, 2.24) is 20.0 Å². The number of aryl methyl sites for hydroxylation is 2. The average molecular weight is 309 g/mol. The van der Waals surface area contributed by atoms with E-state index in [0.29, 0.717) is 15.7 Å². The van der Waals surface area contributed by atoms with E-state index in [1.54, 1.807) is 27.8 Å². The number of hydrogen-bond acceptors (Lipinski definition) is 7. The fourth-order valence-corrected chi connectivity index (χ4v) is 2.36. The van der Waals surface area contributed by atoms with E-state index in [2.05, 4.69) is 20.6 Å². The first-order valence-electron chi connectivity index (χ1n) is 6.23. The molecule has 2 aromatic heterocycles. The lowest BCUT2D eigenvalue weighted by Crippen LogP contribution is -2.12. The Kier molecular flexibility index (Phi) is 4.32. The Labute approximate surface area is 125 Å². The molecule has 2 heterocycles. The number of anilines is 1. The van der Waals surface area contributed by atoms with Crippen molar-refractivity contribution < 1.29 is 14.3 Å². The quantitative estimate of drug-likeness (QED) is 0.857. The summed E-state index contributed by atoms with van der Waals surface area (Å²) in [5.74, 6) is -0.874. The molecule has 0 unspecified atom stereocenters. The maximum atomic E-state index is 11.9. The molecule has 0 aliphatic carbocycles. The Morgan fingerprint density at radius 3 is 2.71 bits per heavy atom. The second kappa shape index (κ2) is 6.00. The number of ether oxygens (including phenoxy) is 1. The van der Waals surface area contributed by atoms with E-state index in [4.69, 9.17) is 4.74 Å². The molecule has 1 amide bonds. The van der Waals surface area contributed by atoms with E-state index in [-0.39, 0.29) is 11.8 Å². The highest BCUT2D eigenvalue weighted by Gasteiger charge is 2.19. The number of nitrogens with zero attached hydrogens (tertiary/aromatic N) is 4. The van der Waals surface area contributed by atoms with Crippen LogP contribution in [0.4, 0.5) is 5.13 Å². The summed E-state index contributed by atoms with van der Waals surface area (Å²) in [6.45, 7) is 5.22. The zero-order valence-corrected chi connectivity index (χ0v) is 12.9. The Balaban J connectivity index is 2.12. The van der Waals surface area contributed by atoms with Crippen molar-refractivity contribution in [3.63, 3.8) is 0 Å². The van der Waals surface area contributed by atoms with Crippen LogP contribution in [0.2, 0.25) is 0 Å². The summed E-state index contributed by atoms with van der Waals surface area (Å²) < 4.78 is 6.54. The Hall–Kier alpha value is -2.29. The topological polar surface area (TPSA) is 99.0 Å². The van der Waals surface area contributed by atoms with Crippen LogP contribution in [0.1, 0.15) is 39.7 Å². The molecule has 1 N–H and O–H groups in total. The van der Waals surface area contributed by atoms with Gasteiger partial charge in [-0.3, -0.25) is 14.8 Å². The monoisotopic (exact) mass is 309 g/mol. The first-order valence-corrected chi connectivity index (χ1v) is 7.04. The van der Waals surface area contributed by atoms with Crippen molar-refractivity contribution in [2.75, 3.05) is 5.32 Å². The maximum Gasteiger partial charge on any atom is 0.350 e. The normalized spacial score (nSPS) is 10.7. The Morgan fingerprint density at radius 2 is 2.14 bits per heavy atom. The molecule has 0 aliphatic heterocycles. The van der Waals surface area contributed by atoms with Gasteiger partial charge in [0.25, 0.3) is 5.91 Å². The molecule has 0 saturated heterocycles. The fraction of sp³-hybridized carbons (Fsp3) is 0.417. The van der Waals surface area contributed by atoms with Gasteiger partial charge in [-0.25, -0.2) is 9.78 Å². The van der Waals surface area contributed by atoms with Crippen molar-refractivity contribution in [1.29, 1.82) is 0 Å². The van der Waals surface area contributed by atoms with E-state index >= 15 is 0 Å². The van der Waals surface area contributed by atoms with Gasteiger partial charge in [-0.15, -0.1) is 5.10 Å². The Bertz CT molecular complexity index is 676. The van der Waals surface area contributed by atoms with Crippen molar-refractivity contribution in [3.05, 3.63) is 22.5 Å². The van der Waals surface area contributed by atoms with Gasteiger partial charge in [-0.05, 0) is 20.8 Å². The second-order valence-electron chi connectivity index (χ2n) is 4.62. The smallest absolute Gasteiger partial charge is 0.350 e. The predicted octanol–water partition coefficient (Wildman–Crippen LogP) is 1.40. The molecular formula is C12H15N5O3S. The van der Waals surface area contributed by atoms with Crippen LogP contribution in [0.25, 0.3) is 0 Å². The number of carbonyl (C=O) groups is 2. The number of hydrogen-bond donors (Lipinski definition) is 1. The number of thiazole rings is 1. The minimum Gasteiger partial charge on any atom is -0.459 e. The molecule has 0 radical (unpaired) electrons. The molecule has 0 atom stereocenters. The van der Waals surface area contributed by atoms with Crippen molar-refractivity contribution in [2.24, 2.45) is 7.05 Å². The van der Waals surface area contributed by atoms with Crippen molar-refractivity contribution in [2.45, 2.75) is 26.9 Å². The molecule has 0 fully saturated rings. The molecule has 8 nitrogen and oxygen atoms in total. The van der Waals surface area contributed by atoms with Gasteiger partial charge in [-0.2, -0.15) is 0 Å². The minimum absolute atomic E-state index is 0.177. The summed E-state index contributed by atoms with van der Waals surface area (Å²) >= 11 is 1.07. The lowest BCUT2D eigenvalue weighted by Gasteiger charge is -2.05. The molecule has 0 bridgehead atoms. The number of carbonyl (C=O) groups excluding carboxylic acids is 2. The van der Waals surface area contributed by atoms with Crippen LogP contribution in [0.15, 0.2) is 6.20 Å². The van der Waals surface area contributed by atoms with E-state index in [1.807, 2.05) is 0 Å². The summed E-state index contributed by atoms with van der Waals surface area (Å²) in [6.07, 6.45) is 1.28. The lowest BCUT2D eigenvalue weighted by molar-refractivity contribution is 0.0382. The number of esters is 1. The van der Waals surface area contributed by atoms with Gasteiger partial charge in [0.05, 0.1) is 18.0 Å². The van der Waals surface area contributed by atoms with Gasteiger partial charge >= 0.3 is 5.97 Å². The van der Waals surface area contributed by atoms with Crippen LogP contribution < -0.4 is 5.32 Å². The third kappa shape index (κ3) is 3.63. The third-order valence-corrected chi connectivity index (χ3v) is 3.43. The zero-order chi connectivity index (χ0) is 15.6. The molecule has 2 aromatic rings. The van der Waals surface area contributed by atoms with Gasteiger partial charge in [0, 0.05) is 7.05 Å². The third-order valence-electron chi connectivity index (χ3n) is 2.38. The molecule has 0 aromatic carbocycles. The summed E-state index contributed by atoms with van der Waals surface area (Å²) in [7, 11) is 1.66. The van der Waals surface area contributed by atoms with Gasteiger partial charge in [0.15, 0.2) is 10.8 Å². The molecule has 9 heteroatoms. The minimum atomic E-state index is -0.444. The second-order valence-corrected chi connectivity index (χ2v) is 5.62. The maximum absolute atomic E-state index is 11.9. The van der Waals surface area contributed by atoms with E-state index in [0.717, 1.165) is 11.3 Å². The van der Waals surface area contributed by atoms with Crippen LogP contribution in [-0.4, -0.2) is 38.0 Å². The fourth-order valence-electron chi connectivity index (χ4n) is 1.52. The van der Waals surface area contributed by atoms with Gasteiger partial charge < -0.3 is 4.74 Å². The summed E-state index contributed by atoms with van der Waals surface area (Å²) in [5, 5.41) is 10.3. The molecular weight excluding hydrogens is 294 g/mol. The van der Waals surface area contributed by atoms with E-state index in [9.17, 15) is 9.59 Å². The number of aromatic nitrogens is 4. The van der Waals surface area contributed by atoms with E-state index < -0.39 is 11.9 Å². The number of nitrogens with one attached hydrogen (secondary N) is 1. The average Bonchev–Trinajstić information content (AvgIpc) is 2.95. The molecule has 21 heavy (non-hydrogen) atoms. The highest BCUT2D eigenvalue weighted by atomic mass is 32.1. The highest BCUT2D eigenvalue weighted by Crippen LogP contribution is 2.24. The van der Waals surface area contributed by atoms with Crippen LogP contribution in [-0.2, 0) is 11.8 Å². The first-order chi connectivity index (χ1) is 9.86. The largest absolute Gasteiger partial charge is 0.459 e. The van der Waals surface area contributed by atoms with Gasteiger partial charge in [-0.1, -0.05) is 16.6 Å². The van der Waals surface area contributed by atoms with E-state index in [1.165, 1.54) is 10.9 Å². The molecule has 0 spiro atoms. The highest BCUT2D eigenvalue weighted by molar-refractivity contribution is 7.17. The Morgan fingerprint density at radius 1 is 1.43 bits per heavy atom. The molecule has 112 valence electrons. The first kappa shape index (κ1) is 15.1. The van der Waals surface area contributed by atoms with Crippen LogP contribution in [0.5, 0.6) is 0 Å². The molecule has 0 aliphatic rings. The molecule has 2 rings (SSSR count). The zero-order valence-electron chi connectivity index (χ0n) is 12.1. The number of amides is 1. The summed E-state index contributed by atoms with van der Waals surface area (Å²) in [4.78, 5) is 28.3. The number of rotatable bonds is 4. The van der Waals surface area contributed by atoms with Crippen LogP contribution in [0.3, 0.4) is 0 Å².